The van der Waals surface area contributed by atoms with Crippen molar-refractivity contribution in [3.05, 3.63) is 11.9 Å². The van der Waals surface area contributed by atoms with E-state index < -0.39 is 0 Å². The molecule has 1 N–H and O–H groups in total. The molecule has 0 amide bonds. The first-order valence-corrected chi connectivity index (χ1v) is 7.48. The van der Waals surface area contributed by atoms with Crippen molar-refractivity contribution in [3.8, 4) is 0 Å². The monoisotopic (exact) mass is 279 g/mol. The molecular weight excluding hydrogens is 250 g/mol. The van der Waals surface area contributed by atoms with Gasteiger partial charge in [0, 0.05) is 26.2 Å². The highest BCUT2D eigenvalue weighted by molar-refractivity contribution is 5.48. The van der Waals surface area contributed by atoms with Crippen molar-refractivity contribution >= 4 is 11.6 Å². The van der Waals surface area contributed by atoms with Crippen molar-refractivity contribution in [1.82, 2.24) is 14.9 Å². The summed E-state index contributed by atoms with van der Waals surface area (Å²) in [5.41, 5.74) is 0. The van der Waals surface area contributed by atoms with Gasteiger partial charge in [0.2, 0.25) is 0 Å². The number of nitrogens with one attached hydrogen (secondary N) is 1. The van der Waals surface area contributed by atoms with E-state index in [0.717, 1.165) is 43.5 Å². The van der Waals surface area contributed by atoms with Crippen LogP contribution >= 0.6 is 0 Å². The van der Waals surface area contributed by atoms with E-state index in [1.165, 1.54) is 12.8 Å². The minimum absolute atomic E-state index is 0.820. The molecule has 20 heavy (non-hydrogen) atoms. The largest absolute Gasteiger partial charge is 0.370 e. The van der Waals surface area contributed by atoms with Crippen LogP contribution in [0.5, 0.6) is 0 Å². The molecule has 5 heteroatoms. The summed E-state index contributed by atoms with van der Waals surface area (Å²) in [4.78, 5) is 13.3. The van der Waals surface area contributed by atoms with Crippen LogP contribution < -0.4 is 10.2 Å². The van der Waals surface area contributed by atoms with Crippen molar-refractivity contribution < 1.29 is 0 Å². The molecule has 0 aliphatic carbocycles. The van der Waals surface area contributed by atoms with E-state index in [0.29, 0.717) is 0 Å². The molecular formula is C15H29N5. The number of aryl methyl sites for hydroxylation is 1. The maximum absolute atomic E-state index is 4.51. The van der Waals surface area contributed by atoms with E-state index in [1.807, 2.05) is 13.0 Å². The highest BCUT2D eigenvalue weighted by atomic mass is 15.2. The lowest BCUT2D eigenvalue weighted by Crippen LogP contribution is -2.21. The summed E-state index contributed by atoms with van der Waals surface area (Å²) in [6.07, 6.45) is 3.49. The fraction of sp³-hybridized carbons (Fsp3) is 0.733. The fourth-order valence-corrected chi connectivity index (χ4v) is 1.96. The Kier molecular flexibility index (Phi) is 7.30. The first-order chi connectivity index (χ1) is 9.52. The number of hydrogen-bond acceptors (Lipinski definition) is 5. The molecule has 0 aliphatic heterocycles. The van der Waals surface area contributed by atoms with Gasteiger partial charge in [-0.2, -0.15) is 0 Å². The summed E-state index contributed by atoms with van der Waals surface area (Å²) in [5, 5.41) is 3.39. The Morgan fingerprint density at radius 3 is 2.50 bits per heavy atom. The molecule has 0 spiro atoms. The van der Waals surface area contributed by atoms with Gasteiger partial charge in [-0.05, 0) is 40.4 Å². The van der Waals surface area contributed by atoms with Crippen molar-refractivity contribution in [2.75, 3.05) is 51.0 Å². The minimum atomic E-state index is 0.820. The van der Waals surface area contributed by atoms with Gasteiger partial charge in [-0.15, -0.1) is 0 Å². The third-order valence-corrected chi connectivity index (χ3v) is 3.15. The molecule has 0 saturated heterocycles. The molecule has 1 heterocycles. The summed E-state index contributed by atoms with van der Waals surface area (Å²) < 4.78 is 0. The average molecular weight is 279 g/mol. The molecule has 0 unspecified atom stereocenters. The van der Waals surface area contributed by atoms with E-state index in [9.17, 15) is 0 Å². The molecule has 0 aromatic carbocycles. The van der Waals surface area contributed by atoms with E-state index in [-0.39, 0.29) is 0 Å². The molecule has 0 fully saturated rings. The summed E-state index contributed by atoms with van der Waals surface area (Å²) in [7, 11) is 6.28. The van der Waals surface area contributed by atoms with Crippen LogP contribution in [0.1, 0.15) is 32.0 Å². The van der Waals surface area contributed by atoms with E-state index in [1.54, 1.807) is 0 Å². The fourth-order valence-electron chi connectivity index (χ4n) is 1.96. The number of unbranched alkanes of at least 4 members (excludes halogenated alkanes) is 1. The number of aromatic nitrogens is 2. The highest BCUT2D eigenvalue weighted by Gasteiger charge is 2.06. The Morgan fingerprint density at radius 1 is 1.10 bits per heavy atom. The lowest BCUT2D eigenvalue weighted by molar-refractivity contribution is 0.405. The first-order valence-electron chi connectivity index (χ1n) is 7.48. The van der Waals surface area contributed by atoms with Gasteiger partial charge in [-0.3, -0.25) is 0 Å². The van der Waals surface area contributed by atoms with E-state index >= 15 is 0 Å². The Bertz CT molecular complexity index is 392. The van der Waals surface area contributed by atoms with Crippen molar-refractivity contribution in [2.45, 2.75) is 33.1 Å². The van der Waals surface area contributed by atoms with Crippen molar-refractivity contribution in [1.29, 1.82) is 0 Å². The Balaban J connectivity index is 2.56. The van der Waals surface area contributed by atoms with Crippen LogP contribution in [0.3, 0.4) is 0 Å². The molecule has 0 bridgehead atoms. The van der Waals surface area contributed by atoms with Crippen molar-refractivity contribution in [2.24, 2.45) is 0 Å². The third kappa shape index (κ3) is 6.19. The summed E-state index contributed by atoms with van der Waals surface area (Å²) in [6.45, 7) is 7.21. The van der Waals surface area contributed by atoms with Gasteiger partial charge in [0.05, 0.1) is 0 Å². The summed E-state index contributed by atoms with van der Waals surface area (Å²) >= 11 is 0. The van der Waals surface area contributed by atoms with Gasteiger partial charge in [0.15, 0.2) is 0 Å². The van der Waals surface area contributed by atoms with Crippen LogP contribution in [-0.2, 0) is 0 Å². The van der Waals surface area contributed by atoms with Crippen LogP contribution in [-0.4, -0.2) is 55.6 Å². The number of rotatable bonds is 9. The number of nitrogens with zero attached hydrogens (tertiary/aromatic N) is 4. The van der Waals surface area contributed by atoms with Gasteiger partial charge >= 0.3 is 0 Å². The van der Waals surface area contributed by atoms with Gasteiger partial charge in [0.25, 0.3) is 0 Å². The Labute approximate surface area is 123 Å². The molecule has 1 aromatic heterocycles. The second-order valence-electron chi connectivity index (χ2n) is 5.52. The maximum atomic E-state index is 4.51. The Hall–Kier alpha value is -1.36. The van der Waals surface area contributed by atoms with Crippen LogP contribution in [0.4, 0.5) is 11.6 Å². The predicted octanol–water partition coefficient (Wildman–Crippen LogP) is 2.38. The molecule has 1 rings (SSSR count). The zero-order chi connectivity index (χ0) is 15.0. The second kappa shape index (κ2) is 8.74. The van der Waals surface area contributed by atoms with Crippen LogP contribution in [0.15, 0.2) is 6.07 Å². The zero-order valence-electron chi connectivity index (χ0n) is 13.6. The molecule has 0 atom stereocenters. The van der Waals surface area contributed by atoms with Gasteiger partial charge in [-0.25, -0.2) is 9.97 Å². The molecule has 0 aliphatic rings. The summed E-state index contributed by atoms with van der Waals surface area (Å²) in [5.74, 6) is 2.75. The Morgan fingerprint density at radius 2 is 1.85 bits per heavy atom. The van der Waals surface area contributed by atoms with Gasteiger partial charge in [-0.1, -0.05) is 13.3 Å². The quantitative estimate of drug-likeness (QED) is 0.703. The molecule has 0 radical (unpaired) electrons. The van der Waals surface area contributed by atoms with Crippen LogP contribution in [0.2, 0.25) is 0 Å². The normalized spacial score (nSPS) is 10.9. The van der Waals surface area contributed by atoms with E-state index in [2.05, 4.69) is 53.2 Å². The smallest absolute Gasteiger partial charge is 0.134 e. The molecule has 1 aromatic rings. The topological polar surface area (TPSA) is 44.3 Å². The third-order valence-electron chi connectivity index (χ3n) is 3.15. The maximum Gasteiger partial charge on any atom is 0.134 e. The first kappa shape index (κ1) is 16.7. The standard InChI is InChI=1S/C15H29N5/c1-6-7-11-20(5)15-12-14(17-13(2)18-15)16-9-8-10-19(3)4/h12H,6-11H2,1-5H3,(H,16,17,18). The number of anilines is 2. The predicted molar refractivity (Wildman–Crippen MR) is 86.6 cm³/mol. The minimum Gasteiger partial charge on any atom is -0.370 e. The zero-order valence-corrected chi connectivity index (χ0v) is 13.6. The average Bonchev–Trinajstić information content (AvgIpc) is 2.40. The molecule has 114 valence electrons. The highest BCUT2D eigenvalue weighted by Crippen LogP contribution is 2.15. The lowest BCUT2D eigenvalue weighted by Gasteiger charge is -2.19. The lowest BCUT2D eigenvalue weighted by atomic mass is 10.3. The van der Waals surface area contributed by atoms with Gasteiger partial charge < -0.3 is 15.1 Å². The SMILES string of the molecule is CCCCN(C)c1cc(NCCCN(C)C)nc(C)n1. The van der Waals surface area contributed by atoms with E-state index in [4.69, 9.17) is 0 Å². The molecule has 0 saturated carbocycles. The van der Waals surface area contributed by atoms with Crippen molar-refractivity contribution in [3.63, 3.8) is 0 Å². The molecule has 5 nitrogen and oxygen atoms in total. The van der Waals surface area contributed by atoms with Crippen LogP contribution in [0.25, 0.3) is 0 Å². The van der Waals surface area contributed by atoms with Crippen LogP contribution in [0, 0.1) is 6.92 Å². The van der Waals surface area contributed by atoms with Gasteiger partial charge in [0.1, 0.15) is 17.5 Å². The summed E-state index contributed by atoms with van der Waals surface area (Å²) in [6, 6.07) is 2.04. The second-order valence-corrected chi connectivity index (χ2v) is 5.52. The number of hydrogen-bond donors (Lipinski definition) is 1.